The molecule has 1 aromatic heterocycles. The van der Waals surface area contributed by atoms with Crippen LogP contribution in [0.1, 0.15) is 32.7 Å². The Balaban J connectivity index is 1.73. The van der Waals surface area contributed by atoms with Crippen LogP contribution in [0.25, 0.3) is 5.69 Å². The predicted octanol–water partition coefficient (Wildman–Crippen LogP) is 3.41. The Morgan fingerprint density at radius 1 is 1.17 bits per heavy atom. The van der Waals surface area contributed by atoms with E-state index >= 15 is 0 Å². The number of rotatable bonds is 4. The van der Waals surface area contributed by atoms with Crippen molar-refractivity contribution in [2.24, 2.45) is 0 Å². The van der Waals surface area contributed by atoms with E-state index in [1.54, 1.807) is 4.68 Å². The zero-order valence-corrected chi connectivity index (χ0v) is 16.7. The normalized spacial score (nSPS) is 15.2. The molecule has 0 spiro atoms. The lowest BCUT2D eigenvalue weighted by atomic mass is 10.1. The summed E-state index contributed by atoms with van der Waals surface area (Å²) in [5, 5.41) is 18.3. The van der Waals surface area contributed by atoms with Gasteiger partial charge in [-0.1, -0.05) is 17.7 Å². The molecule has 0 fully saturated rings. The van der Waals surface area contributed by atoms with Crippen molar-refractivity contribution < 1.29 is 13.9 Å². The molecule has 0 bridgehead atoms. The van der Waals surface area contributed by atoms with Crippen LogP contribution in [-0.2, 0) is 22.3 Å². The van der Waals surface area contributed by atoms with Gasteiger partial charge >= 0.3 is 0 Å². The Bertz CT molecular complexity index is 1170. The van der Waals surface area contributed by atoms with Gasteiger partial charge in [0.05, 0.1) is 27.8 Å². The molecule has 29 heavy (non-hydrogen) atoms. The molecule has 1 N–H and O–H groups in total. The van der Waals surface area contributed by atoms with Crippen molar-refractivity contribution >= 4 is 28.2 Å². The Hall–Kier alpha value is -3.33. The van der Waals surface area contributed by atoms with E-state index in [0.29, 0.717) is 23.0 Å². The lowest BCUT2D eigenvalue weighted by Crippen LogP contribution is -2.17. The van der Waals surface area contributed by atoms with E-state index in [9.17, 15) is 19.1 Å². The zero-order valence-electron chi connectivity index (χ0n) is 15.8. The largest absolute Gasteiger partial charge is 0.306 e. The first-order chi connectivity index (χ1) is 13.8. The third kappa shape index (κ3) is 3.56. The molecule has 4 rings (SSSR count). The molecule has 1 unspecified atom stereocenters. The average molecular weight is 410 g/mol. The highest BCUT2D eigenvalue weighted by atomic mass is 32.2. The number of non-ortho nitro benzene ring substituents is 1. The van der Waals surface area contributed by atoms with Crippen molar-refractivity contribution in [1.29, 1.82) is 0 Å². The van der Waals surface area contributed by atoms with Crippen LogP contribution in [0.4, 0.5) is 11.5 Å². The molecule has 1 aliphatic heterocycles. The summed E-state index contributed by atoms with van der Waals surface area (Å²) in [5.74, 6) is 0.761. The minimum absolute atomic E-state index is 0.0850. The molecule has 0 saturated carbocycles. The Labute approximate surface area is 169 Å². The number of nitrogens with zero attached hydrogens (tertiary/aromatic N) is 3. The molecule has 1 atom stereocenters. The van der Waals surface area contributed by atoms with Gasteiger partial charge in [0.2, 0.25) is 0 Å². The summed E-state index contributed by atoms with van der Waals surface area (Å²) in [4.78, 5) is 23.1. The number of benzene rings is 2. The van der Waals surface area contributed by atoms with Crippen LogP contribution in [0.3, 0.4) is 0 Å². The maximum Gasteiger partial charge on any atom is 0.269 e. The van der Waals surface area contributed by atoms with Gasteiger partial charge in [-0.25, -0.2) is 4.68 Å². The number of aryl methyl sites for hydroxylation is 2. The molecule has 148 valence electrons. The molecule has 1 amide bonds. The Morgan fingerprint density at radius 2 is 1.90 bits per heavy atom. The van der Waals surface area contributed by atoms with Gasteiger partial charge in [-0.15, -0.1) is 0 Å². The molecule has 2 aromatic carbocycles. The zero-order chi connectivity index (χ0) is 20.7. The molecule has 8 nitrogen and oxygen atoms in total. The summed E-state index contributed by atoms with van der Waals surface area (Å²) in [7, 11) is -1.04. The number of carbonyl (C=O) groups is 1. The first kappa shape index (κ1) is 19.0. The van der Waals surface area contributed by atoms with Gasteiger partial charge in [-0.05, 0) is 37.6 Å². The fourth-order valence-corrected chi connectivity index (χ4v) is 4.65. The van der Waals surface area contributed by atoms with Gasteiger partial charge in [-0.3, -0.25) is 19.1 Å². The number of nitro benzene ring substituents is 1. The van der Waals surface area contributed by atoms with Crippen molar-refractivity contribution in [2.75, 3.05) is 5.32 Å². The third-order valence-corrected chi connectivity index (χ3v) is 6.03. The summed E-state index contributed by atoms with van der Waals surface area (Å²) in [6.45, 7) is 3.97. The summed E-state index contributed by atoms with van der Waals surface area (Å²) < 4.78 is 13.7. The maximum absolute atomic E-state index is 12.8. The second-order valence-electron chi connectivity index (χ2n) is 6.96. The number of amides is 1. The molecule has 2 heterocycles. The first-order valence-corrected chi connectivity index (χ1v) is 10.4. The average Bonchev–Trinajstić information content (AvgIpc) is 3.19. The van der Waals surface area contributed by atoms with Gasteiger partial charge in [-0.2, -0.15) is 5.10 Å². The Kier molecular flexibility index (Phi) is 4.75. The van der Waals surface area contributed by atoms with E-state index in [4.69, 9.17) is 0 Å². The first-order valence-electron chi connectivity index (χ1n) is 8.92. The molecule has 0 saturated heterocycles. The number of fused-ring (bicyclic) bond motifs is 1. The molecule has 1 aliphatic rings. The molecule has 3 aromatic rings. The van der Waals surface area contributed by atoms with E-state index in [1.807, 2.05) is 32.0 Å². The standard InChI is InChI=1S/C20H18N4O4S/c1-12-3-8-18(13(2)9-12)23-19(16-10-29(28)11-17(16)22-23)21-20(25)14-4-6-15(7-5-14)24(26)27/h3-9H,10-11H2,1-2H3,(H,21,25). The molecular formula is C20H18N4O4S. The van der Waals surface area contributed by atoms with E-state index in [1.165, 1.54) is 24.3 Å². The van der Waals surface area contributed by atoms with Crippen LogP contribution >= 0.6 is 0 Å². The van der Waals surface area contributed by atoms with Gasteiger partial charge in [0, 0.05) is 34.1 Å². The molecule has 9 heteroatoms. The monoisotopic (exact) mass is 410 g/mol. The minimum atomic E-state index is -1.04. The summed E-state index contributed by atoms with van der Waals surface area (Å²) >= 11 is 0. The fourth-order valence-electron chi connectivity index (χ4n) is 3.39. The van der Waals surface area contributed by atoms with Crippen LogP contribution in [0.2, 0.25) is 0 Å². The lowest BCUT2D eigenvalue weighted by Gasteiger charge is -2.13. The highest BCUT2D eigenvalue weighted by Gasteiger charge is 2.29. The topological polar surface area (TPSA) is 107 Å². The summed E-state index contributed by atoms with van der Waals surface area (Å²) in [6, 6.07) is 11.3. The van der Waals surface area contributed by atoms with Crippen molar-refractivity contribution in [3.8, 4) is 5.69 Å². The molecule has 0 radical (unpaired) electrons. The van der Waals surface area contributed by atoms with Gasteiger partial charge < -0.3 is 5.32 Å². The van der Waals surface area contributed by atoms with E-state index in [-0.39, 0.29) is 11.3 Å². The second-order valence-corrected chi connectivity index (χ2v) is 8.42. The minimum Gasteiger partial charge on any atom is -0.306 e. The van der Waals surface area contributed by atoms with Crippen LogP contribution in [0, 0.1) is 24.0 Å². The lowest BCUT2D eigenvalue weighted by molar-refractivity contribution is -0.384. The van der Waals surface area contributed by atoms with E-state index in [2.05, 4.69) is 10.4 Å². The summed E-state index contributed by atoms with van der Waals surface area (Å²) in [6.07, 6.45) is 0. The molecular weight excluding hydrogens is 392 g/mol. The summed E-state index contributed by atoms with van der Waals surface area (Å²) in [5.41, 5.74) is 4.62. The number of hydrogen-bond acceptors (Lipinski definition) is 5. The van der Waals surface area contributed by atoms with Crippen LogP contribution in [-0.4, -0.2) is 24.8 Å². The van der Waals surface area contributed by atoms with Gasteiger partial charge in [0.25, 0.3) is 11.6 Å². The van der Waals surface area contributed by atoms with Gasteiger partial charge in [0.15, 0.2) is 0 Å². The highest BCUT2D eigenvalue weighted by molar-refractivity contribution is 7.83. The van der Waals surface area contributed by atoms with E-state index < -0.39 is 21.6 Å². The van der Waals surface area contributed by atoms with Crippen LogP contribution < -0.4 is 5.32 Å². The number of nitro groups is 1. The maximum atomic E-state index is 12.8. The second kappa shape index (κ2) is 7.25. The van der Waals surface area contributed by atoms with Crippen molar-refractivity contribution in [3.63, 3.8) is 0 Å². The number of hydrogen-bond donors (Lipinski definition) is 1. The van der Waals surface area contributed by atoms with Gasteiger partial charge in [0.1, 0.15) is 5.82 Å². The number of carbonyl (C=O) groups excluding carboxylic acids is 1. The van der Waals surface area contributed by atoms with Crippen molar-refractivity contribution in [3.05, 3.63) is 80.5 Å². The van der Waals surface area contributed by atoms with Crippen LogP contribution in [0.5, 0.6) is 0 Å². The smallest absolute Gasteiger partial charge is 0.269 e. The number of anilines is 1. The van der Waals surface area contributed by atoms with Crippen molar-refractivity contribution in [1.82, 2.24) is 9.78 Å². The van der Waals surface area contributed by atoms with Crippen LogP contribution in [0.15, 0.2) is 42.5 Å². The third-order valence-electron chi connectivity index (χ3n) is 4.82. The SMILES string of the molecule is Cc1ccc(-n2nc3c(c2NC(=O)c2ccc([N+](=O)[O-])cc2)CS(=O)C3)c(C)c1. The number of nitrogens with one attached hydrogen (secondary N) is 1. The fraction of sp³-hybridized carbons (Fsp3) is 0.200. The Morgan fingerprint density at radius 3 is 2.55 bits per heavy atom. The highest BCUT2D eigenvalue weighted by Crippen LogP contribution is 2.32. The number of aromatic nitrogens is 2. The predicted molar refractivity (Wildman–Crippen MR) is 110 cm³/mol. The molecule has 0 aliphatic carbocycles. The van der Waals surface area contributed by atoms with E-state index in [0.717, 1.165) is 22.4 Å². The van der Waals surface area contributed by atoms with Crippen molar-refractivity contribution in [2.45, 2.75) is 25.4 Å². The quantitative estimate of drug-likeness (QED) is 0.524.